The molecule has 0 spiro atoms. The molecule has 0 atom stereocenters. The summed E-state index contributed by atoms with van der Waals surface area (Å²) in [6.45, 7) is 4.61. The highest BCUT2D eigenvalue weighted by molar-refractivity contribution is 7.51. The molecule has 0 aliphatic rings. The zero-order valence-electron chi connectivity index (χ0n) is 12.4. The van der Waals surface area contributed by atoms with Crippen molar-refractivity contribution in [3.8, 4) is 0 Å². The van der Waals surface area contributed by atoms with E-state index in [9.17, 15) is 14.2 Å². The molecule has 120 valence electrons. The lowest BCUT2D eigenvalue weighted by molar-refractivity contribution is 0.373. The van der Waals surface area contributed by atoms with Crippen molar-refractivity contribution in [3.63, 3.8) is 0 Å². The first-order chi connectivity index (χ1) is 9.80. The minimum Gasteiger partial charge on any atom is -0.324 e. The number of nitrogens with zero attached hydrogens (tertiary/aromatic N) is 1. The summed E-state index contributed by atoms with van der Waals surface area (Å²) in [7, 11) is -3.96. The van der Waals surface area contributed by atoms with Crippen LogP contribution < -0.4 is 11.2 Å². The maximum absolute atomic E-state index is 11.2. The standard InChI is InChI=1S/C9H13N2O5P.C4H10/c12-8-4-6-11(9(13)10-8)5-2-1-3-7-17(14,15)16;1-3-4-2/h1-2,4,6H,3,5,7H2,(H,10,12,13)(H2,14,15,16);3-4H2,1-2H3/b2-1+;. The second-order valence-electron chi connectivity index (χ2n) is 4.41. The number of allylic oxidation sites excluding steroid dienone is 2. The van der Waals surface area contributed by atoms with Crippen molar-refractivity contribution in [1.82, 2.24) is 9.55 Å². The van der Waals surface area contributed by atoms with Crippen LogP contribution in [-0.4, -0.2) is 25.5 Å². The van der Waals surface area contributed by atoms with Crippen molar-refractivity contribution in [2.75, 3.05) is 6.16 Å². The lowest BCUT2D eigenvalue weighted by Gasteiger charge is -2.00. The number of aromatic amines is 1. The molecule has 1 aromatic heterocycles. The molecule has 0 radical (unpaired) electrons. The highest BCUT2D eigenvalue weighted by Gasteiger charge is 2.09. The Bertz CT molecular complexity index is 583. The van der Waals surface area contributed by atoms with E-state index in [4.69, 9.17) is 9.79 Å². The van der Waals surface area contributed by atoms with Gasteiger partial charge in [-0.1, -0.05) is 38.8 Å². The normalized spacial score (nSPS) is 11.2. The maximum atomic E-state index is 11.2. The van der Waals surface area contributed by atoms with E-state index < -0.39 is 18.8 Å². The monoisotopic (exact) mass is 318 g/mol. The van der Waals surface area contributed by atoms with Gasteiger partial charge in [-0.25, -0.2) is 4.79 Å². The van der Waals surface area contributed by atoms with Gasteiger partial charge in [0, 0.05) is 18.8 Å². The fourth-order valence-corrected chi connectivity index (χ4v) is 1.62. The maximum Gasteiger partial charge on any atom is 0.328 e. The van der Waals surface area contributed by atoms with E-state index in [0.29, 0.717) is 0 Å². The average molecular weight is 318 g/mol. The van der Waals surface area contributed by atoms with Gasteiger partial charge < -0.3 is 9.79 Å². The van der Waals surface area contributed by atoms with Crippen molar-refractivity contribution in [2.45, 2.75) is 39.7 Å². The van der Waals surface area contributed by atoms with Crippen LogP contribution in [0.1, 0.15) is 33.1 Å². The van der Waals surface area contributed by atoms with Crippen LogP contribution >= 0.6 is 7.60 Å². The smallest absolute Gasteiger partial charge is 0.324 e. The summed E-state index contributed by atoms with van der Waals surface area (Å²) in [6, 6.07) is 1.23. The molecule has 21 heavy (non-hydrogen) atoms. The van der Waals surface area contributed by atoms with Gasteiger partial charge in [-0.05, 0) is 6.42 Å². The third-order valence-electron chi connectivity index (χ3n) is 2.45. The third-order valence-corrected chi connectivity index (χ3v) is 3.29. The number of nitrogens with one attached hydrogen (secondary N) is 1. The van der Waals surface area contributed by atoms with Gasteiger partial charge in [0.25, 0.3) is 5.56 Å². The Kier molecular flexibility index (Phi) is 9.62. The molecular formula is C13H23N2O5P. The Labute approximate surface area is 123 Å². The van der Waals surface area contributed by atoms with Crippen LogP contribution in [0.3, 0.4) is 0 Å². The summed E-state index contributed by atoms with van der Waals surface area (Å²) < 4.78 is 11.8. The molecular weight excluding hydrogens is 295 g/mol. The Morgan fingerprint density at radius 2 is 1.86 bits per heavy atom. The van der Waals surface area contributed by atoms with E-state index in [1.54, 1.807) is 12.2 Å². The summed E-state index contributed by atoms with van der Waals surface area (Å²) >= 11 is 0. The number of hydrogen-bond donors (Lipinski definition) is 3. The molecule has 8 heteroatoms. The van der Waals surface area contributed by atoms with Crippen molar-refractivity contribution in [3.05, 3.63) is 45.3 Å². The molecule has 0 unspecified atom stereocenters. The highest BCUT2D eigenvalue weighted by Crippen LogP contribution is 2.34. The molecule has 1 rings (SSSR count). The van der Waals surface area contributed by atoms with Gasteiger partial charge in [0.1, 0.15) is 0 Å². The minimum atomic E-state index is -3.96. The topological polar surface area (TPSA) is 112 Å². The van der Waals surface area contributed by atoms with E-state index in [0.717, 1.165) is 0 Å². The molecule has 1 aromatic rings. The molecule has 0 amide bonds. The zero-order valence-corrected chi connectivity index (χ0v) is 13.3. The van der Waals surface area contributed by atoms with Gasteiger partial charge >= 0.3 is 13.3 Å². The second kappa shape index (κ2) is 10.3. The number of aromatic nitrogens is 2. The van der Waals surface area contributed by atoms with E-state index in [1.165, 1.54) is 29.7 Å². The minimum absolute atomic E-state index is 0.218. The predicted octanol–water partition coefficient (Wildman–Crippen LogP) is 1.47. The van der Waals surface area contributed by atoms with Gasteiger partial charge in [0.2, 0.25) is 0 Å². The molecule has 0 saturated carbocycles. The van der Waals surface area contributed by atoms with Crippen LogP contribution in [0.5, 0.6) is 0 Å². The van der Waals surface area contributed by atoms with E-state index in [1.807, 2.05) is 0 Å². The SMILES string of the molecule is CCCC.O=c1ccn(C/C=C/CCP(=O)(O)O)c(=O)[nH]1. The van der Waals surface area contributed by atoms with Crippen LogP contribution in [0, 0.1) is 0 Å². The summed E-state index contributed by atoms with van der Waals surface area (Å²) in [4.78, 5) is 41.2. The number of hydrogen-bond acceptors (Lipinski definition) is 3. The Balaban J connectivity index is 0.000000885. The van der Waals surface area contributed by atoms with Crippen LogP contribution in [0.15, 0.2) is 34.0 Å². The summed E-state index contributed by atoms with van der Waals surface area (Å²) in [5.41, 5.74) is -0.978. The number of rotatable bonds is 6. The lowest BCUT2D eigenvalue weighted by Crippen LogP contribution is -2.28. The lowest BCUT2D eigenvalue weighted by atomic mass is 10.4. The Hall–Kier alpha value is -1.43. The van der Waals surface area contributed by atoms with Crippen molar-refractivity contribution >= 4 is 7.60 Å². The predicted molar refractivity (Wildman–Crippen MR) is 82.6 cm³/mol. The summed E-state index contributed by atoms with van der Waals surface area (Å²) in [5.74, 6) is 0. The van der Waals surface area contributed by atoms with Gasteiger partial charge in [-0.15, -0.1) is 0 Å². The highest BCUT2D eigenvalue weighted by atomic mass is 31.2. The van der Waals surface area contributed by atoms with E-state index in [2.05, 4.69) is 18.8 Å². The third kappa shape index (κ3) is 11.0. The van der Waals surface area contributed by atoms with Crippen molar-refractivity contribution in [2.24, 2.45) is 0 Å². The van der Waals surface area contributed by atoms with Crippen molar-refractivity contribution in [1.29, 1.82) is 0 Å². The van der Waals surface area contributed by atoms with Gasteiger partial charge in [0.15, 0.2) is 0 Å². The number of unbranched alkanes of at least 4 members (excludes halogenated alkanes) is 1. The van der Waals surface area contributed by atoms with Crippen molar-refractivity contribution < 1.29 is 14.4 Å². The quantitative estimate of drug-likeness (QED) is 0.543. The van der Waals surface area contributed by atoms with Crippen LogP contribution in [0.4, 0.5) is 0 Å². The average Bonchev–Trinajstić information content (AvgIpc) is 2.39. The molecule has 7 nitrogen and oxygen atoms in total. The van der Waals surface area contributed by atoms with Gasteiger partial charge in [-0.3, -0.25) is 18.9 Å². The molecule has 0 aliphatic carbocycles. The molecule has 0 fully saturated rings. The van der Waals surface area contributed by atoms with Gasteiger partial charge in [0.05, 0.1) is 6.16 Å². The molecule has 0 bridgehead atoms. The first kappa shape index (κ1) is 19.6. The first-order valence-corrected chi connectivity index (χ1v) is 8.59. The zero-order chi connectivity index (χ0) is 16.3. The molecule has 0 aromatic carbocycles. The fourth-order valence-electron chi connectivity index (χ4n) is 1.14. The van der Waals surface area contributed by atoms with Crippen LogP contribution in [0.25, 0.3) is 0 Å². The summed E-state index contributed by atoms with van der Waals surface area (Å²) in [6.07, 6.45) is 7.20. The van der Waals surface area contributed by atoms with E-state index in [-0.39, 0.29) is 19.1 Å². The Morgan fingerprint density at radius 3 is 2.33 bits per heavy atom. The second-order valence-corrected chi connectivity index (χ2v) is 6.19. The fraction of sp³-hybridized carbons (Fsp3) is 0.538. The van der Waals surface area contributed by atoms with Gasteiger partial charge in [-0.2, -0.15) is 0 Å². The largest absolute Gasteiger partial charge is 0.328 e. The molecule has 1 heterocycles. The molecule has 0 aliphatic heterocycles. The Morgan fingerprint density at radius 1 is 1.24 bits per heavy atom. The first-order valence-electron chi connectivity index (χ1n) is 6.79. The van der Waals surface area contributed by atoms with Crippen LogP contribution in [0.2, 0.25) is 0 Å². The molecule has 3 N–H and O–H groups in total. The molecule has 0 saturated heterocycles. The van der Waals surface area contributed by atoms with E-state index >= 15 is 0 Å². The van der Waals surface area contributed by atoms with Crippen LogP contribution in [-0.2, 0) is 11.1 Å². The summed E-state index contributed by atoms with van der Waals surface area (Å²) in [5, 5.41) is 0. The number of H-pyrrole nitrogens is 1.